The van der Waals surface area contributed by atoms with Crippen LogP contribution in [0.15, 0.2) is 54.6 Å². The third kappa shape index (κ3) is 6.95. The maximum atomic E-state index is 13.3. The Hall–Kier alpha value is -2.62. The number of nitrogens with zero attached hydrogens (tertiary/aromatic N) is 1. The minimum atomic E-state index is -0.439. The first-order chi connectivity index (χ1) is 15.1. The third-order valence-corrected chi connectivity index (χ3v) is 6.24. The van der Waals surface area contributed by atoms with Gasteiger partial charge in [-0.25, -0.2) is 0 Å². The molecule has 1 aliphatic rings. The summed E-state index contributed by atoms with van der Waals surface area (Å²) >= 11 is 0. The summed E-state index contributed by atoms with van der Waals surface area (Å²) in [7, 11) is 0. The van der Waals surface area contributed by atoms with Crippen molar-refractivity contribution in [2.45, 2.75) is 83.8 Å². The SMILES string of the molecule is CC[C@H](C(=O)NC1CCCCC1)N(Cc1cccc(C)c1)C(=O)CCc1ccccc1. The van der Waals surface area contributed by atoms with Gasteiger partial charge in [0.05, 0.1) is 0 Å². The van der Waals surface area contributed by atoms with E-state index in [4.69, 9.17) is 0 Å². The van der Waals surface area contributed by atoms with Crippen molar-refractivity contribution in [1.29, 1.82) is 0 Å². The molecule has 3 rings (SSSR count). The van der Waals surface area contributed by atoms with Gasteiger partial charge in [0, 0.05) is 19.0 Å². The molecule has 0 unspecified atom stereocenters. The number of rotatable bonds is 9. The molecule has 1 aliphatic carbocycles. The van der Waals surface area contributed by atoms with E-state index in [-0.39, 0.29) is 17.9 Å². The Labute approximate surface area is 187 Å². The van der Waals surface area contributed by atoms with E-state index >= 15 is 0 Å². The zero-order chi connectivity index (χ0) is 22.1. The molecule has 1 atom stereocenters. The van der Waals surface area contributed by atoms with E-state index in [1.807, 2.05) is 49.4 Å². The van der Waals surface area contributed by atoms with E-state index in [9.17, 15) is 9.59 Å². The first-order valence-electron chi connectivity index (χ1n) is 11.8. The van der Waals surface area contributed by atoms with Crippen LogP contribution in [0.2, 0.25) is 0 Å². The summed E-state index contributed by atoms with van der Waals surface area (Å²) in [5.41, 5.74) is 3.37. The molecule has 4 heteroatoms. The summed E-state index contributed by atoms with van der Waals surface area (Å²) in [6.45, 7) is 4.52. The molecular weight excluding hydrogens is 384 g/mol. The van der Waals surface area contributed by atoms with E-state index in [1.165, 1.54) is 19.3 Å². The van der Waals surface area contributed by atoms with E-state index in [2.05, 4.69) is 24.4 Å². The lowest BCUT2D eigenvalue weighted by atomic mass is 9.95. The lowest BCUT2D eigenvalue weighted by molar-refractivity contribution is -0.141. The Morgan fingerprint density at radius 3 is 2.39 bits per heavy atom. The highest BCUT2D eigenvalue weighted by Gasteiger charge is 2.30. The Bertz CT molecular complexity index is 843. The van der Waals surface area contributed by atoms with Crippen molar-refractivity contribution in [1.82, 2.24) is 10.2 Å². The summed E-state index contributed by atoms with van der Waals surface area (Å²) in [5.74, 6) is 0.0334. The van der Waals surface area contributed by atoms with Crippen molar-refractivity contribution in [3.63, 3.8) is 0 Å². The molecule has 0 spiro atoms. The van der Waals surface area contributed by atoms with Crippen LogP contribution in [0.1, 0.15) is 68.6 Å². The van der Waals surface area contributed by atoms with Crippen LogP contribution in [0.3, 0.4) is 0 Å². The van der Waals surface area contributed by atoms with E-state index in [1.54, 1.807) is 4.90 Å². The molecular formula is C27H36N2O2. The second-order valence-corrected chi connectivity index (χ2v) is 8.76. The molecule has 0 radical (unpaired) electrons. The van der Waals surface area contributed by atoms with Gasteiger partial charge in [-0.2, -0.15) is 0 Å². The van der Waals surface area contributed by atoms with Crippen LogP contribution in [0.5, 0.6) is 0 Å². The predicted octanol–water partition coefficient (Wildman–Crippen LogP) is 5.18. The van der Waals surface area contributed by atoms with Gasteiger partial charge in [0.2, 0.25) is 11.8 Å². The summed E-state index contributed by atoms with van der Waals surface area (Å²) in [6, 6.07) is 18.1. The average molecular weight is 421 g/mol. The number of amides is 2. The molecule has 31 heavy (non-hydrogen) atoms. The Kier molecular flexibility index (Phi) is 8.69. The van der Waals surface area contributed by atoms with Crippen LogP contribution in [-0.2, 0) is 22.6 Å². The molecule has 166 valence electrons. The van der Waals surface area contributed by atoms with E-state index in [0.29, 0.717) is 25.8 Å². The number of benzene rings is 2. The van der Waals surface area contributed by atoms with Gasteiger partial charge in [0.15, 0.2) is 0 Å². The first kappa shape index (κ1) is 23.1. The molecule has 0 heterocycles. The summed E-state index contributed by atoms with van der Waals surface area (Å²) < 4.78 is 0. The van der Waals surface area contributed by atoms with Crippen LogP contribution in [0.4, 0.5) is 0 Å². The van der Waals surface area contributed by atoms with Crippen LogP contribution in [-0.4, -0.2) is 28.8 Å². The normalized spacial score (nSPS) is 15.3. The molecule has 1 saturated carbocycles. The fraction of sp³-hybridized carbons (Fsp3) is 0.481. The van der Waals surface area contributed by atoms with Crippen LogP contribution in [0, 0.1) is 6.92 Å². The predicted molar refractivity (Wildman–Crippen MR) is 126 cm³/mol. The quantitative estimate of drug-likeness (QED) is 0.607. The van der Waals surface area contributed by atoms with Crippen LogP contribution >= 0.6 is 0 Å². The molecule has 0 saturated heterocycles. The third-order valence-electron chi connectivity index (χ3n) is 6.24. The number of hydrogen-bond acceptors (Lipinski definition) is 2. The maximum absolute atomic E-state index is 13.3. The second-order valence-electron chi connectivity index (χ2n) is 8.76. The summed E-state index contributed by atoms with van der Waals surface area (Å²) in [4.78, 5) is 28.4. The molecule has 2 amide bonds. The molecule has 4 nitrogen and oxygen atoms in total. The van der Waals surface area contributed by atoms with Gasteiger partial charge < -0.3 is 10.2 Å². The van der Waals surface area contributed by atoms with Crippen molar-refractivity contribution < 1.29 is 9.59 Å². The van der Waals surface area contributed by atoms with E-state index < -0.39 is 6.04 Å². The molecule has 0 aliphatic heterocycles. The van der Waals surface area contributed by atoms with Gasteiger partial charge in [-0.3, -0.25) is 9.59 Å². The van der Waals surface area contributed by atoms with Crippen molar-refractivity contribution in [2.24, 2.45) is 0 Å². The smallest absolute Gasteiger partial charge is 0.243 e. The highest BCUT2D eigenvalue weighted by molar-refractivity contribution is 5.88. The van der Waals surface area contributed by atoms with Crippen molar-refractivity contribution >= 4 is 11.8 Å². The minimum Gasteiger partial charge on any atom is -0.352 e. The van der Waals surface area contributed by atoms with Gasteiger partial charge in [-0.05, 0) is 43.7 Å². The van der Waals surface area contributed by atoms with Crippen molar-refractivity contribution in [2.75, 3.05) is 0 Å². The molecule has 2 aromatic carbocycles. The largest absolute Gasteiger partial charge is 0.352 e. The maximum Gasteiger partial charge on any atom is 0.243 e. The molecule has 1 N–H and O–H groups in total. The summed E-state index contributed by atoms with van der Waals surface area (Å²) in [5, 5.41) is 3.24. The Morgan fingerprint density at radius 1 is 1.00 bits per heavy atom. The first-order valence-corrected chi connectivity index (χ1v) is 11.8. The van der Waals surface area contributed by atoms with Crippen molar-refractivity contribution in [3.05, 3.63) is 71.3 Å². The molecule has 0 bridgehead atoms. The zero-order valence-electron chi connectivity index (χ0n) is 19.0. The van der Waals surface area contributed by atoms with Crippen LogP contribution < -0.4 is 5.32 Å². The lowest BCUT2D eigenvalue weighted by Crippen LogP contribution is -2.51. The highest BCUT2D eigenvalue weighted by atomic mass is 16.2. The average Bonchev–Trinajstić information content (AvgIpc) is 2.79. The second kappa shape index (κ2) is 11.7. The van der Waals surface area contributed by atoms with Gasteiger partial charge in [-0.15, -0.1) is 0 Å². The van der Waals surface area contributed by atoms with Gasteiger partial charge >= 0.3 is 0 Å². The minimum absolute atomic E-state index is 0.00452. The highest BCUT2D eigenvalue weighted by Crippen LogP contribution is 2.20. The number of aryl methyl sites for hydroxylation is 2. The summed E-state index contributed by atoms with van der Waals surface area (Å²) in [6.07, 6.45) is 7.38. The zero-order valence-corrected chi connectivity index (χ0v) is 19.0. The lowest BCUT2D eigenvalue weighted by Gasteiger charge is -2.33. The molecule has 1 fully saturated rings. The monoisotopic (exact) mass is 420 g/mol. The van der Waals surface area contributed by atoms with Crippen molar-refractivity contribution in [3.8, 4) is 0 Å². The number of nitrogens with one attached hydrogen (secondary N) is 1. The number of carbonyl (C=O) groups is 2. The Balaban J connectivity index is 1.74. The van der Waals surface area contributed by atoms with Gasteiger partial charge in [0.25, 0.3) is 0 Å². The number of hydrogen-bond donors (Lipinski definition) is 1. The van der Waals surface area contributed by atoms with Gasteiger partial charge in [0.1, 0.15) is 6.04 Å². The fourth-order valence-electron chi connectivity index (χ4n) is 4.51. The standard InChI is InChI=1S/C27H36N2O2/c1-3-25(27(31)28-24-15-8-5-9-16-24)29(20-23-14-10-11-21(2)19-23)26(30)18-17-22-12-6-4-7-13-22/h4,6-7,10-14,19,24-25H,3,5,8-9,15-18,20H2,1-2H3,(H,28,31)/t25-/m1/s1. The number of carbonyl (C=O) groups excluding carboxylic acids is 2. The fourth-order valence-corrected chi connectivity index (χ4v) is 4.51. The van der Waals surface area contributed by atoms with E-state index in [0.717, 1.165) is 29.5 Å². The molecule has 2 aromatic rings. The molecule has 0 aromatic heterocycles. The topological polar surface area (TPSA) is 49.4 Å². The van der Waals surface area contributed by atoms with Gasteiger partial charge in [-0.1, -0.05) is 86.3 Å². The Morgan fingerprint density at radius 2 is 1.71 bits per heavy atom. The van der Waals surface area contributed by atoms with Crippen LogP contribution in [0.25, 0.3) is 0 Å².